The normalized spacial score (nSPS) is 10.1. The molecule has 0 aromatic heterocycles. The first-order valence-corrected chi connectivity index (χ1v) is 6.02. The second kappa shape index (κ2) is 5.71. The molecule has 2 aromatic carbocycles. The summed E-state index contributed by atoms with van der Waals surface area (Å²) in [7, 11) is 0. The Morgan fingerprint density at radius 3 is 2.53 bits per heavy atom. The molecule has 0 atom stereocenters. The molecule has 0 fully saturated rings. The summed E-state index contributed by atoms with van der Waals surface area (Å²) in [5.41, 5.74) is 7.13. The molecule has 0 saturated carbocycles. The van der Waals surface area contributed by atoms with Gasteiger partial charge in [-0.15, -0.1) is 0 Å². The van der Waals surface area contributed by atoms with Gasteiger partial charge in [-0.2, -0.15) is 0 Å². The van der Waals surface area contributed by atoms with E-state index >= 15 is 0 Å². The number of hydrazine groups is 1. The van der Waals surface area contributed by atoms with Crippen LogP contribution in [0.2, 0.25) is 5.02 Å². The fourth-order valence-corrected chi connectivity index (χ4v) is 1.71. The van der Waals surface area contributed by atoms with E-state index in [0.29, 0.717) is 0 Å². The summed E-state index contributed by atoms with van der Waals surface area (Å²) in [5, 5.41) is 0.199. The molecule has 98 valence electrons. The van der Waals surface area contributed by atoms with Gasteiger partial charge < -0.3 is 0 Å². The summed E-state index contributed by atoms with van der Waals surface area (Å²) in [4.78, 5) is 11.8. The van der Waals surface area contributed by atoms with Crippen molar-refractivity contribution < 1.29 is 9.18 Å². The van der Waals surface area contributed by atoms with Gasteiger partial charge in [0.15, 0.2) is 0 Å². The molecular formula is C14H12ClFN2O. The smallest absolute Gasteiger partial charge is 0.271 e. The van der Waals surface area contributed by atoms with E-state index < -0.39 is 11.7 Å². The van der Waals surface area contributed by atoms with Crippen LogP contribution in [0, 0.1) is 12.7 Å². The molecular weight excluding hydrogens is 267 g/mol. The Hall–Kier alpha value is -2.07. The van der Waals surface area contributed by atoms with Crippen LogP contribution in [0.15, 0.2) is 42.5 Å². The Balaban J connectivity index is 2.05. The van der Waals surface area contributed by atoms with Crippen LogP contribution >= 0.6 is 11.6 Å². The topological polar surface area (TPSA) is 41.1 Å². The van der Waals surface area contributed by atoms with Gasteiger partial charge >= 0.3 is 0 Å². The highest BCUT2D eigenvalue weighted by Crippen LogP contribution is 2.17. The molecule has 2 aromatic rings. The van der Waals surface area contributed by atoms with Gasteiger partial charge in [0.2, 0.25) is 0 Å². The maximum Gasteiger partial charge on any atom is 0.271 e. The molecule has 0 radical (unpaired) electrons. The quantitative estimate of drug-likeness (QED) is 0.843. The molecule has 5 heteroatoms. The zero-order valence-electron chi connectivity index (χ0n) is 10.2. The van der Waals surface area contributed by atoms with Crippen molar-refractivity contribution in [3.63, 3.8) is 0 Å². The summed E-state index contributed by atoms with van der Waals surface area (Å²) in [6.45, 7) is 1.97. The number of rotatable bonds is 3. The summed E-state index contributed by atoms with van der Waals surface area (Å²) >= 11 is 5.84. The SMILES string of the molecule is Cc1ccc(NNC(=O)c2cc(F)ccc2Cl)cc1. The van der Waals surface area contributed by atoms with Crippen LogP contribution in [0.4, 0.5) is 10.1 Å². The molecule has 0 aliphatic carbocycles. The van der Waals surface area contributed by atoms with Gasteiger partial charge in [-0.25, -0.2) is 4.39 Å². The van der Waals surface area contributed by atoms with Gasteiger partial charge in [-0.05, 0) is 37.3 Å². The molecule has 0 bridgehead atoms. The number of anilines is 1. The average molecular weight is 279 g/mol. The molecule has 3 nitrogen and oxygen atoms in total. The second-order valence-corrected chi connectivity index (χ2v) is 4.48. The number of nitrogens with one attached hydrogen (secondary N) is 2. The fraction of sp³-hybridized carbons (Fsp3) is 0.0714. The van der Waals surface area contributed by atoms with E-state index in [0.717, 1.165) is 17.3 Å². The summed E-state index contributed by atoms with van der Waals surface area (Å²) in [6, 6.07) is 11.1. The number of halogens is 2. The number of amides is 1. The third-order valence-electron chi connectivity index (χ3n) is 2.54. The van der Waals surface area contributed by atoms with Crippen molar-refractivity contribution in [2.45, 2.75) is 6.92 Å². The second-order valence-electron chi connectivity index (χ2n) is 4.07. The summed E-state index contributed by atoms with van der Waals surface area (Å²) in [5.74, 6) is -1.00. The van der Waals surface area contributed by atoms with Crippen LogP contribution in [-0.2, 0) is 0 Å². The number of carbonyl (C=O) groups is 1. The van der Waals surface area contributed by atoms with Crippen LogP contribution in [0.3, 0.4) is 0 Å². The summed E-state index contributed by atoms with van der Waals surface area (Å²) < 4.78 is 13.1. The lowest BCUT2D eigenvalue weighted by Gasteiger charge is -2.09. The van der Waals surface area contributed by atoms with Gasteiger partial charge in [-0.1, -0.05) is 29.3 Å². The predicted octanol–water partition coefficient (Wildman–Crippen LogP) is 3.54. The third kappa shape index (κ3) is 3.45. The van der Waals surface area contributed by atoms with Gasteiger partial charge in [0.25, 0.3) is 5.91 Å². The van der Waals surface area contributed by atoms with E-state index in [2.05, 4.69) is 10.9 Å². The van der Waals surface area contributed by atoms with Crippen LogP contribution in [0.1, 0.15) is 15.9 Å². The molecule has 0 aliphatic rings. The lowest BCUT2D eigenvalue weighted by Crippen LogP contribution is -2.29. The first-order chi connectivity index (χ1) is 9.06. The lowest BCUT2D eigenvalue weighted by molar-refractivity contribution is 0.0962. The van der Waals surface area contributed by atoms with Crippen molar-refractivity contribution in [3.05, 3.63) is 64.4 Å². The summed E-state index contributed by atoms with van der Waals surface area (Å²) in [6.07, 6.45) is 0. The van der Waals surface area contributed by atoms with Crippen LogP contribution in [-0.4, -0.2) is 5.91 Å². The predicted molar refractivity (Wildman–Crippen MR) is 73.7 cm³/mol. The maximum absolute atomic E-state index is 13.1. The fourth-order valence-electron chi connectivity index (χ4n) is 1.50. The minimum Gasteiger partial charge on any atom is -0.298 e. The van der Waals surface area contributed by atoms with E-state index in [1.807, 2.05) is 31.2 Å². The number of hydrogen-bond acceptors (Lipinski definition) is 2. The third-order valence-corrected chi connectivity index (χ3v) is 2.87. The zero-order valence-corrected chi connectivity index (χ0v) is 11.0. The Morgan fingerprint density at radius 2 is 1.84 bits per heavy atom. The number of hydrogen-bond donors (Lipinski definition) is 2. The molecule has 0 unspecified atom stereocenters. The van der Waals surface area contributed by atoms with Crippen molar-refractivity contribution in [2.75, 3.05) is 5.43 Å². The Morgan fingerprint density at radius 1 is 1.16 bits per heavy atom. The molecule has 2 N–H and O–H groups in total. The van der Waals surface area contributed by atoms with Gasteiger partial charge in [0.05, 0.1) is 16.3 Å². The van der Waals surface area contributed by atoms with E-state index in [1.54, 1.807) is 0 Å². The Bertz CT molecular complexity index is 599. The highest BCUT2D eigenvalue weighted by atomic mass is 35.5. The monoisotopic (exact) mass is 278 g/mol. The van der Waals surface area contributed by atoms with Crippen molar-refractivity contribution >= 4 is 23.2 Å². The molecule has 0 heterocycles. The van der Waals surface area contributed by atoms with E-state index in [-0.39, 0.29) is 10.6 Å². The Labute approximate surface area is 115 Å². The lowest BCUT2D eigenvalue weighted by atomic mass is 10.2. The molecule has 2 rings (SSSR count). The van der Waals surface area contributed by atoms with Gasteiger partial charge in [0.1, 0.15) is 5.82 Å². The molecule has 0 saturated heterocycles. The molecule has 19 heavy (non-hydrogen) atoms. The van der Waals surface area contributed by atoms with Crippen LogP contribution < -0.4 is 10.9 Å². The standard InChI is InChI=1S/C14H12ClFN2O/c1-9-2-5-11(6-3-9)17-18-14(19)12-8-10(16)4-7-13(12)15/h2-8,17H,1H3,(H,18,19). The van der Waals surface area contributed by atoms with E-state index in [1.165, 1.54) is 12.1 Å². The Kier molecular flexibility index (Phi) is 4.02. The minimum atomic E-state index is -0.509. The molecule has 0 aliphatic heterocycles. The van der Waals surface area contributed by atoms with Crippen molar-refractivity contribution in [2.24, 2.45) is 0 Å². The largest absolute Gasteiger partial charge is 0.298 e. The molecule has 1 amide bonds. The highest BCUT2D eigenvalue weighted by Gasteiger charge is 2.10. The zero-order chi connectivity index (χ0) is 13.8. The van der Waals surface area contributed by atoms with Gasteiger partial charge in [0, 0.05) is 0 Å². The maximum atomic E-state index is 13.1. The number of carbonyl (C=O) groups excluding carboxylic acids is 1. The van der Waals surface area contributed by atoms with Crippen molar-refractivity contribution in [1.82, 2.24) is 5.43 Å². The van der Waals surface area contributed by atoms with Crippen molar-refractivity contribution in [3.8, 4) is 0 Å². The van der Waals surface area contributed by atoms with E-state index in [4.69, 9.17) is 11.6 Å². The van der Waals surface area contributed by atoms with Crippen molar-refractivity contribution in [1.29, 1.82) is 0 Å². The van der Waals surface area contributed by atoms with Crippen LogP contribution in [0.5, 0.6) is 0 Å². The average Bonchev–Trinajstić information content (AvgIpc) is 2.40. The minimum absolute atomic E-state index is 0.0845. The van der Waals surface area contributed by atoms with Gasteiger partial charge in [-0.3, -0.25) is 15.6 Å². The number of aryl methyl sites for hydroxylation is 1. The highest BCUT2D eigenvalue weighted by molar-refractivity contribution is 6.33. The van der Waals surface area contributed by atoms with E-state index in [9.17, 15) is 9.18 Å². The van der Waals surface area contributed by atoms with Crippen LogP contribution in [0.25, 0.3) is 0 Å². The number of benzene rings is 2. The first-order valence-electron chi connectivity index (χ1n) is 5.64. The molecule has 0 spiro atoms. The first kappa shape index (κ1) is 13.4.